The number of carbonyl (C=O) groups excluding carboxylic acids is 1. The predicted molar refractivity (Wildman–Crippen MR) is 106 cm³/mol. The minimum Gasteiger partial charge on any atom is -0.351 e. The molecule has 0 spiro atoms. The van der Waals surface area contributed by atoms with E-state index in [1.165, 1.54) is 18.4 Å². The number of nitrogens with one attached hydrogen (secondary N) is 2. The summed E-state index contributed by atoms with van der Waals surface area (Å²) < 4.78 is 0. The van der Waals surface area contributed by atoms with E-state index in [1.807, 2.05) is 48.8 Å². The van der Waals surface area contributed by atoms with Crippen molar-refractivity contribution in [2.45, 2.75) is 31.3 Å². The predicted octanol–water partition coefficient (Wildman–Crippen LogP) is 3.00. The number of hydrogen-bond acceptors (Lipinski definition) is 3. The molecule has 0 aliphatic carbocycles. The Morgan fingerprint density at radius 3 is 2.81 bits per heavy atom. The van der Waals surface area contributed by atoms with Crippen molar-refractivity contribution in [3.8, 4) is 0 Å². The highest BCUT2D eigenvalue weighted by Gasteiger charge is 2.42. The summed E-state index contributed by atoms with van der Waals surface area (Å²) in [6.07, 6.45) is 7.02. The molecule has 3 fully saturated rings. The van der Waals surface area contributed by atoms with Crippen LogP contribution in [0.1, 0.15) is 28.9 Å². The van der Waals surface area contributed by atoms with Crippen LogP contribution in [-0.4, -0.2) is 45.9 Å². The molecule has 0 radical (unpaired) electrons. The Morgan fingerprint density at radius 1 is 1.19 bits per heavy atom. The minimum absolute atomic E-state index is 0.00105. The summed E-state index contributed by atoms with van der Waals surface area (Å²) in [6.45, 7) is 2.27. The van der Waals surface area contributed by atoms with Gasteiger partial charge in [-0.15, -0.1) is 0 Å². The molecule has 0 saturated carbocycles. The third-order valence-electron chi connectivity index (χ3n) is 6.21. The lowest BCUT2D eigenvalue weighted by molar-refractivity contribution is 0.0135. The van der Waals surface area contributed by atoms with E-state index in [4.69, 9.17) is 0 Å². The number of fused-ring (bicyclic) bond motifs is 4. The Balaban J connectivity index is 1.38. The van der Waals surface area contributed by atoms with Gasteiger partial charge >= 0.3 is 0 Å². The first-order valence-corrected chi connectivity index (χ1v) is 9.79. The van der Waals surface area contributed by atoms with Crippen molar-refractivity contribution in [3.05, 3.63) is 66.1 Å². The Labute approximate surface area is 158 Å². The van der Waals surface area contributed by atoms with Gasteiger partial charge < -0.3 is 10.3 Å². The van der Waals surface area contributed by atoms with Crippen LogP contribution < -0.4 is 5.32 Å². The van der Waals surface area contributed by atoms with Gasteiger partial charge in [-0.2, -0.15) is 0 Å². The molecule has 1 aromatic carbocycles. The van der Waals surface area contributed by atoms with Crippen LogP contribution in [0.25, 0.3) is 10.9 Å². The van der Waals surface area contributed by atoms with E-state index in [0.717, 1.165) is 30.4 Å². The highest BCUT2D eigenvalue weighted by Crippen LogP contribution is 2.34. The molecule has 3 saturated heterocycles. The molecule has 27 heavy (non-hydrogen) atoms. The van der Waals surface area contributed by atoms with Crippen molar-refractivity contribution in [1.82, 2.24) is 20.2 Å². The van der Waals surface area contributed by atoms with E-state index >= 15 is 0 Å². The summed E-state index contributed by atoms with van der Waals surface area (Å²) in [6, 6.07) is 14.6. The quantitative estimate of drug-likeness (QED) is 0.752. The van der Waals surface area contributed by atoms with Gasteiger partial charge in [0.2, 0.25) is 0 Å². The topological polar surface area (TPSA) is 61.0 Å². The number of carbonyl (C=O) groups is 1. The molecule has 5 heterocycles. The number of amides is 1. The number of piperidine rings is 3. The number of aromatic nitrogens is 2. The maximum absolute atomic E-state index is 13.0. The standard InChI is InChI=1S/C22H24N4O/c27-22(19-13-17-5-1-2-6-18(17)24-19)25-21-16-7-10-26(11-8-16)20(21)12-15-4-3-9-23-14-15/h1-6,9,13-14,16,20-21,24H,7-8,10-12H2,(H,25,27)/t20-,21+/m0/s1. The van der Waals surface area contributed by atoms with Crippen molar-refractivity contribution < 1.29 is 4.79 Å². The summed E-state index contributed by atoms with van der Waals surface area (Å²) in [5.41, 5.74) is 2.89. The van der Waals surface area contributed by atoms with E-state index in [-0.39, 0.29) is 11.9 Å². The Morgan fingerprint density at radius 2 is 2.04 bits per heavy atom. The maximum atomic E-state index is 13.0. The summed E-state index contributed by atoms with van der Waals surface area (Å²) in [5, 5.41) is 4.44. The van der Waals surface area contributed by atoms with Gasteiger partial charge in [0.25, 0.3) is 5.91 Å². The highest BCUT2D eigenvalue weighted by atomic mass is 16.2. The number of rotatable bonds is 4. The molecule has 2 atom stereocenters. The van der Waals surface area contributed by atoms with Gasteiger partial charge in [0, 0.05) is 35.4 Å². The highest BCUT2D eigenvalue weighted by molar-refractivity contribution is 5.98. The zero-order valence-corrected chi connectivity index (χ0v) is 15.3. The number of hydrogen-bond donors (Lipinski definition) is 2. The van der Waals surface area contributed by atoms with Gasteiger partial charge in [-0.25, -0.2) is 0 Å². The average molecular weight is 360 g/mol. The fourth-order valence-electron chi connectivity index (χ4n) is 4.81. The van der Waals surface area contributed by atoms with Gasteiger partial charge in [0.15, 0.2) is 0 Å². The lowest BCUT2D eigenvalue weighted by Gasteiger charge is -2.51. The number of nitrogens with zero attached hydrogens (tertiary/aromatic N) is 2. The second kappa shape index (κ2) is 6.82. The first-order chi connectivity index (χ1) is 13.3. The molecule has 2 N–H and O–H groups in total. The first-order valence-electron chi connectivity index (χ1n) is 9.79. The zero-order valence-electron chi connectivity index (χ0n) is 15.3. The molecular formula is C22H24N4O. The van der Waals surface area contributed by atoms with E-state index in [2.05, 4.69) is 26.3 Å². The van der Waals surface area contributed by atoms with E-state index in [9.17, 15) is 4.79 Å². The SMILES string of the molecule is O=C(N[C@@H]1C2CCN(CC2)[C@H]1Cc1cccnc1)c1cc2ccccc2[nH]1. The number of para-hydroxylation sites is 1. The molecule has 5 heteroatoms. The molecule has 2 aromatic heterocycles. The lowest BCUT2D eigenvalue weighted by Crippen LogP contribution is -2.64. The van der Waals surface area contributed by atoms with Crippen LogP contribution in [0.15, 0.2) is 54.9 Å². The van der Waals surface area contributed by atoms with Crippen LogP contribution in [-0.2, 0) is 6.42 Å². The van der Waals surface area contributed by atoms with Crippen LogP contribution in [0.2, 0.25) is 0 Å². The summed E-state index contributed by atoms with van der Waals surface area (Å²) in [5.74, 6) is 0.561. The molecule has 138 valence electrons. The number of pyridine rings is 1. The van der Waals surface area contributed by atoms with Crippen LogP contribution in [0.4, 0.5) is 0 Å². The van der Waals surface area contributed by atoms with Gasteiger partial charge in [-0.1, -0.05) is 24.3 Å². The largest absolute Gasteiger partial charge is 0.351 e. The number of benzene rings is 1. The molecule has 6 rings (SSSR count). The third kappa shape index (κ3) is 3.12. The summed E-state index contributed by atoms with van der Waals surface area (Å²) in [4.78, 5) is 23.0. The molecule has 3 aromatic rings. The lowest BCUT2D eigenvalue weighted by atomic mass is 9.76. The Bertz CT molecular complexity index is 910. The van der Waals surface area contributed by atoms with Crippen molar-refractivity contribution in [3.63, 3.8) is 0 Å². The third-order valence-corrected chi connectivity index (χ3v) is 6.21. The van der Waals surface area contributed by atoms with Crippen LogP contribution >= 0.6 is 0 Å². The molecule has 3 aliphatic rings. The van der Waals surface area contributed by atoms with Gasteiger partial charge in [-0.05, 0) is 62.0 Å². The Kier molecular flexibility index (Phi) is 4.17. The second-order valence-corrected chi connectivity index (χ2v) is 7.78. The monoisotopic (exact) mass is 360 g/mol. The number of aromatic amines is 1. The molecule has 1 amide bonds. The number of H-pyrrole nitrogens is 1. The van der Waals surface area contributed by atoms with Crippen molar-refractivity contribution in [2.75, 3.05) is 13.1 Å². The Hall–Kier alpha value is -2.66. The van der Waals surface area contributed by atoms with Gasteiger partial charge in [0.1, 0.15) is 5.69 Å². The second-order valence-electron chi connectivity index (χ2n) is 7.78. The normalized spacial score (nSPS) is 27.0. The zero-order chi connectivity index (χ0) is 18.2. The molecule has 5 nitrogen and oxygen atoms in total. The van der Waals surface area contributed by atoms with Crippen molar-refractivity contribution >= 4 is 16.8 Å². The molecular weight excluding hydrogens is 336 g/mol. The smallest absolute Gasteiger partial charge is 0.268 e. The van der Waals surface area contributed by atoms with E-state index in [0.29, 0.717) is 17.7 Å². The fourth-order valence-corrected chi connectivity index (χ4v) is 4.81. The van der Waals surface area contributed by atoms with Crippen LogP contribution in [0, 0.1) is 5.92 Å². The average Bonchev–Trinajstić information content (AvgIpc) is 3.16. The molecule has 2 bridgehead atoms. The van der Waals surface area contributed by atoms with E-state index in [1.54, 1.807) is 0 Å². The van der Waals surface area contributed by atoms with Crippen molar-refractivity contribution in [2.24, 2.45) is 5.92 Å². The summed E-state index contributed by atoms with van der Waals surface area (Å²) >= 11 is 0. The van der Waals surface area contributed by atoms with Gasteiger partial charge in [-0.3, -0.25) is 14.7 Å². The minimum atomic E-state index is 0.00105. The van der Waals surface area contributed by atoms with E-state index < -0.39 is 0 Å². The summed E-state index contributed by atoms with van der Waals surface area (Å²) in [7, 11) is 0. The van der Waals surface area contributed by atoms with Crippen LogP contribution in [0.3, 0.4) is 0 Å². The molecule has 0 unspecified atom stereocenters. The van der Waals surface area contributed by atoms with Gasteiger partial charge in [0.05, 0.1) is 0 Å². The molecule has 3 aliphatic heterocycles. The first kappa shape index (κ1) is 16.5. The van der Waals surface area contributed by atoms with Crippen LogP contribution in [0.5, 0.6) is 0 Å². The van der Waals surface area contributed by atoms with Crippen molar-refractivity contribution in [1.29, 1.82) is 0 Å². The maximum Gasteiger partial charge on any atom is 0.268 e. The fraction of sp³-hybridized carbons (Fsp3) is 0.364.